The van der Waals surface area contributed by atoms with Gasteiger partial charge in [0.15, 0.2) is 4.77 Å². The Morgan fingerprint density at radius 1 is 1.56 bits per heavy atom. The molecule has 1 aromatic carbocycles. The summed E-state index contributed by atoms with van der Waals surface area (Å²) in [6.07, 6.45) is 0.0346. The molecule has 0 bridgehead atoms. The van der Waals surface area contributed by atoms with Crippen molar-refractivity contribution in [3.8, 4) is 0 Å². The summed E-state index contributed by atoms with van der Waals surface area (Å²) in [7, 11) is 0. The number of fused-ring (bicyclic) bond motifs is 1. The molecule has 6 heteroatoms. The van der Waals surface area contributed by atoms with Gasteiger partial charge in [-0.25, -0.2) is 4.39 Å². The largest absolute Gasteiger partial charge is 0.377 e. The molecule has 0 fully saturated rings. The van der Waals surface area contributed by atoms with Crippen LogP contribution in [-0.4, -0.2) is 22.3 Å². The first-order valence-corrected chi connectivity index (χ1v) is 6.92. The average molecular weight is 333 g/mol. The second-order valence-electron chi connectivity index (χ2n) is 4.09. The van der Waals surface area contributed by atoms with Crippen LogP contribution in [0.3, 0.4) is 0 Å². The van der Waals surface area contributed by atoms with Crippen LogP contribution in [0.15, 0.2) is 16.6 Å². The second kappa shape index (κ2) is 5.50. The molecule has 2 aromatic rings. The Labute approximate surface area is 118 Å². The van der Waals surface area contributed by atoms with Gasteiger partial charge < -0.3 is 14.3 Å². The Hall–Kier alpha value is -0.720. The van der Waals surface area contributed by atoms with Crippen molar-refractivity contribution >= 4 is 39.2 Å². The number of rotatable bonds is 4. The van der Waals surface area contributed by atoms with E-state index in [9.17, 15) is 4.39 Å². The smallest absolute Gasteiger partial charge is 0.178 e. The van der Waals surface area contributed by atoms with Gasteiger partial charge in [-0.2, -0.15) is 0 Å². The van der Waals surface area contributed by atoms with E-state index in [-0.39, 0.29) is 11.9 Å². The summed E-state index contributed by atoms with van der Waals surface area (Å²) < 4.78 is 21.9. The molecule has 2 rings (SSSR count). The third-order valence-corrected chi connectivity index (χ3v) is 3.64. The molecule has 0 amide bonds. The molecule has 3 nitrogen and oxygen atoms in total. The Morgan fingerprint density at radius 3 is 2.94 bits per heavy atom. The standard InChI is InChI=1S/C12H14BrFN2OS/c1-3-17-7(2)6-16-11-5-9(14)8(13)4-10(11)15-12(16)18/h4-5,7H,3,6H2,1-2H3,(H,15,18). The first-order valence-electron chi connectivity index (χ1n) is 5.72. The SMILES string of the molecule is CCOC(C)Cn1c(=S)[nH]c2cc(Br)c(F)cc21. The van der Waals surface area contributed by atoms with Crippen LogP contribution in [0.1, 0.15) is 13.8 Å². The fraction of sp³-hybridized carbons (Fsp3) is 0.417. The molecule has 98 valence electrons. The first kappa shape index (κ1) is 13.7. The molecule has 0 spiro atoms. The number of hydrogen-bond donors (Lipinski definition) is 1. The molecule has 0 aliphatic carbocycles. The van der Waals surface area contributed by atoms with Crippen LogP contribution in [0.4, 0.5) is 4.39 Å². The monoisotopic (exact) mass is 332 g/mol. The fourth-order valence-corrected chi connectivity index (χ4v) is 2.55. The van der Waals surface area contributed by atoms with Gasteiger partial charge in [-0.1, -0.05) is 0 Å². The Bertz CT molecular complexity index is 622. The molecule has 0 saturated heterocycles. The first-order chi connectivity index (χ1) is 8.52. The van der Waals surface area contributed by atoms with Crippen molar-refractivity contribution in [3.63, 3.8) is 0 Å². The number of hydrogen-bond acceptors (Lipinski definition) is 2. The minimum absolute atomic E-state index is 0.0346. The summed E-state index contributed by atoms with van der Waals surface area (Å²) in [4.78, 5) is 3.07. The van der Waals surface area contributed by atoms with Crippen LogP contribution >= 0.6 is 28.1 Å². The highest BCUT2D eigenvalue weighted by atomic mass is 79.9. The van der Waals surface area contributed by atoms with Crippen molar-refractivity contribution < 1.29 is 9.13 Å². The van der Waals surface area contributed by atoms with E-state index < -0.39 is 0 Å². The third-order valence-electron chi connectivity index (χ3n) is 2.71. The lowest BCUT2D eigenvalue weighted by Crippen LogP contribution is -2.16. The van der Waals surface area contributed by atoms with Gasteiger partial charge in [0.25, 0.3) is 0 Å². The van der Waals surface area contributed by atoms with Crippen molar-refractivity contribution in [1.29, 1.82) is 0 Å². The van der Waals surface area contributed by atoms with Gasteiger partial charge >= 0.3 is 0 Å². The van der Waals surface area contributed by atoms with Crippen LogP contribution in [0.5, 0.6) is 0 Å². The molecular weight excluding hydrogens is 319 g/mol. The zero-order chi connectivity index (χ0) is 13.3. The number of ether oxygens (including phenoxy) is 1. The number of imidazole rings is 1. The highest BCUT2D eigenvalue weighted by molar-refractivity contribution is 9.10. The number of aromatic nitrogens is 2. The number of H-pyrrole nitrogens is 1. The van der Waals surface area contributed by atoms with Gasteiger partial charge in [-0.05, 0) is 48.1 Å². The Kier molecular flexibility index (Phi) is 4.19. The van der Waals surface area contributed by atoms with E-state index in [2.05, 4.69) is 20.9 Å². The van der Waals surface area contributed by atoms with Crippen molar-refractivity contribution in [2.75, 3.05) is 6.61 Å². The maximum absolute atomic E-state index is 13.6. The Morgan fingerprint density at radius 2 is 2.28 bits per heavy atom. The van der Waals surface area contributed by atoms with E-state index in [1.54, 1.807) is 6.07 Å². The molecule has 1 N–H and O–H groups in total. The lowest BCUT2D eigenvalue weighted by molar-refractivity contribution is 0.0645. The lowest BCUT2D eigenvalue weighted by Gasteiger charge is -2.13. The molecule has 0 saturated carbocycles. The van der Waals surface area contributed by atoms with Crippen LogP contribution in [-0.2, 0) is 11.3 Å². The normalized spacial score (nSPS) is 13.1. The van der Waals surface area contributed by atoms with Crippen LogP contribution in [0.25, 0.3) is 11.0 Å². The summed E-state index contributed by atoms with van der Waals surface area (Å²) >= 11 is 8.42. The van der Waals surface area contributed by atoms with E-state index in [0.29, 0.717) is 22.4 Å². The predicted molar refractivity (Wildman–Crippen MR) is 75.9 cm³/mol. The summed E-state index contributed by atoms with van der Waals surface area (Å²) in [6, 6.07) is 3.17. The molecule has 1 atom stereocenters. The van der Waals surface area contributed by atoms with Gasteiger partial charge in [0.2, 0.25) is 0 Å². The topological polar surface area (TPSA) is 29.9 Å². The minimum Gasteiger partial charge on any atom is -0.377 e. The van der Waals surface area contributed by atoms with Gasteiger partial charge in [0.05, 0.1) is 28.2 Å². The number of benzene rings is 1. The third kappa shape index (κ3) is 2.65. The van der Waals surface area contributed by atoms with E-state index in [4.69, 9.17) is 17.0 Å². The zero-order valence-corrected chi connectivity index (χ0v) is 12.6. The van der Waals surface area contributed by atoms with Gasteiger partial charge in [0.1, 0.15) is 5.82 Å². The number of nitrogens with zero attached hydrogens (tertiary/aromatic N) is 1. The zero-order valence-electron chi connectivity index (χ0n) is 10.2. The van der Waals surface area contributed by atoms with Crippen molar-refractivity contribution in [2.45, 2.75) is 26.5 Å². The van der Waals surface area contributed by atoms with Crippen molar-refractivity contribution in [1.82, 2.24) is 9.55 Å². The number of halogens is 2. The van der Waals surface area contributed by atoms with Crippen LogP contribution in [0, 0.1) is 10.6 Å². The summed E-state index contributed by atoms with van der Waals surface area (Å²) in [5.74, 6) is -0.297. The van der Waals surface area contributed by atoms with E-state index in [1.165, 1.54) is 6.07 Å². The van der Waals surface area contributed by atoms with Gasteiger partial charge in [-0.15, -0.1) is 0 Å². The molecule has 0 aliphatic heterocycles. The average Bonchev–Trinajstić information content (AvgIpc) is 2.57. The van der Waals surface area contributed by atoms with Crippen LogP contribution < -0.4 is 0 Å². The Balaban J connectivity index is 2.47. The van der Waals surface area contributed by atoms with Gasteiger partial charge in [0, 0.05) is 12.7 Å². The number of aromatic amines is 1. The van der Waals surface area contributed by atoms with Crippen LogP contribution in [0.2, 0.25) is 0 Å². The highest BCUT2D eigenvalue weighted by Gasteiger charge is 2.11. The molecule has 0 aliphatic rings. The molecule has 0 radical (unpaired) electrons. The molecule has 18 heavy (non-hydrogen) atoms. The van der Waals surface area contributed by atoms with Crippen molar-refractivity contribution in [2.24, 2.45) is 0 Å². The summed E-state index contributed by atoms with van der Waals surface area (Å²) in [5, 5.41) is 0. The summed E-state index contributed by atoms with van der Waals surface area (Å²) in [6.45, 7) is 5.17. The minimum atomic E-state index is -0.297. The molecular formula is C12H14BrFN2OS. The molecule has 1 heterocycles. The predicted octanol–water partition coefficient (Wildman–Crippen LogP) is 4.03. The summed E-state index contributed by atoms with van der Waals surface area (Å²) in [5.41, 5.74) is 1.57. The highest BCUT2D eigenvalue weighted by Crippen LogP contribution is 2.23. The number of nitrogens with one attached hydrogen (secondary N) is 1. The fourth-order valence-electron chi connectivity index (χ4n) is 1.93. The van der Waals surface area contributed by atoms with Gasteiger partial charge in [-0.3, -0.25) is 0 Å². The second-order valence-corrected chi connectivity index (χ2v) is 5.33. The maximum atomic E-state index is 13.6. The van der Waals surface area contributed by atoms with E-state index in [0.717, 1.165) is 11.0 Å². The van der Waals surface area contributed by atoms with E-state index >= 15 is 0 Å². The molecule has 1 aromatic heterocycles. The lowest BCUT2D eigenvalue weighted by atomic mass is 10.3. The molecule has 1 unspecified atom stereocenters. The van der Waals surface area contributed by atoms with Crippen molar-refractivity contribution in [3.05, 3.63) is 27.2 Å². The maximum Gasteiger partial charge on any atom is 0.178 e. The van der Waals surface area contributed by atoms with E-state index in [1.807, 2.05) is 18.4 Å². The quantitative estimate of drug-likeness (QED) is 0.857.